The van der Waals surface area contributed by atoms with Gasteiger partial charge in [0.1, 0.15) is 11.4 Å². The number of amides is 1. The zero-order chi connectivity index (χ0) is 21.8. The molecule has 0 atom stereocenters. The SMILES string of the molecule is CN1CCC(N(C)c2nc(-c3ccccc3)ncc2C(=O)N2CCCN(C)CC2)CC1. The highest BCUT2D eigenvalue weighted by Crippen LogP contribution is 2.27. The van der Waals surface area contributed by atoms with Crippen LogP contribution in [0.4, 0.5) is 5.82 Å². The van der Waals surface area contributed by atoms with E-state index >= 15 is 0 Å². The van der Waals surface area contributed by atoms with Crippen LogP contribution in [0.1, 0.15) is 29.6 Å². The lowest BCUT2D eigenvalue weighted by Crippen LogP contribution is -2.43. The quantitative estimate of drug-likeness (QED) is 0.755. The maximum Gasteiger partial charge on any atom is 0.259 e. The molecule has 2 aliphatic heterocycles. The van der Waals surface area contributed by atoms with Crippen LogP contribution in [0.3, 0.4) is 0 Å². The highest BCUT2D eigenvalue weighted by molar-refractivity contribution is 5.99. The Kier molecular flexibility index (Phi) is 6.83. The molecule has 166 valence electrons. The summed E-state index contributed by atoms with van der Waals surface area (Å²) in [6.07, 6.45) is 4.87. The van der Waals surface area contributed by atoms with Gasteiger partial charge in [0.2, 0.25) is 0 Å². The standard InChI is InChI=1S/C24H34N6O/c1-27-12-7-13-30(17-16-27)24(31)21-18-25-22(19-8-5-4-6-9-19)26-23(21)29(3)20-10-14-28(2)15-11-20/h4-6,8-9,18,20H,7,10-17H2,1-3H3. The monoisotopic (exact) mass is 422 g/mol. The van der Waals surface area contributed by atoms with Crippen molar-refractivity contribution in [3.8, 4) is 11.4 Å². The fraction of sp³-hybridized carbons (Fsp3) is 0.542. The Morgan fingerprint density at radius 1 is 0.968 bits per heavy atom. The van der Waals surface area contributed by atoms with Gasteiger partial charge in [0.15, 0.2) is 5.82 Å². The van der Waals surface area contributed by atoms with Crippen molar-refractivity contribution in [3.63, 3.8) is 0 Å². The molecule has 0 radical (unpaired) electrons. The molecule has 4 rings (SSSR count). The van der Waals surface area contributed by atoms with Crippen LogP contribution in [0.15, 0.2) is 36.5 Å². The molecule has 1 amide bonds. The first-order valence-electron chi connectivity index (χ1n) is 11.3. The number of piperidine rings is 1. The van der Waals surface area contributed by atoms with E-state index in [0.717, 1.165) is 69.9 Å². The third kappa shape index (κ3) is 5.05. The molecule has 2 aliphatic rings. The topological polar surface area (TPSA) is 55.8 Å². The van der Waals surface area contributed by atoms with E-state index in [-0.39, 0.29) is 5.91 Å². The fourth-order valence-electron chi connectivity index (χ4n) is 4.49. The molecule has 7 nitrogen and oxygen atoms in total. The van der Waals surface area contributed by atoms with Gasteiger partial charge in [-0.05, 0) is 53.0 Å². The van der Waals surface area contributed by atoms with Crippen LogP contribution in [0.2, 0.25) is 0 Å². The molecule has 0 spiro atoms. The molecule has 0 saturated carbocycles. The lowest BCUT2D eigenvalue weighted by Gasteiger charge is -2.36. The summed E-state index contributed by atoms with van der Waals surface area (Å²) in [6.45, 7) is 5.57. The normalized spacial score (nSPS) is 19.3. The molecule has 1 aromatic heterocycles. The number of aromatic nitrogens is 2. The average molecular weight is 423 g/mol. The highest BCUT2D eigenvalue weighted by Gasteiger charge is 2.28. The van der Waals surface area contributed by atoms with E-state index in [1.165, 1.54) is 0 Å². The van der Waals surface area contributed by atoms with Crippen LogP contribution in [-0.2, 0) is 0 Å². The van der Waals surface area contributed by atoms with Crippen LogP contribution < -0.4 is 4.90 Å². The first-order valence-corrected chi connectivity index (χ1v) is 11.3. The molecule has 0 aliphatic carbocycles. The van der Waals surface area contributed by atoms with Gasteiger partial charge in [-0.1, -0.05) is 30.3 Å². The first kappa shape index (κ1) is 21.7. The summed E-state index contributed by atoms with van der Waals surface area (Å²) in [4.78, 5) is 31.9. The van der Waals surface area contributed by atoms with Gasteiger partial charge in [0.25, 0.3) is 5.91 Å². The van der Waals surface area contributed by atoms with E-state index in [2.05, 4.69) is 40.8 Å². The molecule has 3 heterocycles. The molecule has 1 aromatic carbocycles. The molecule has 0 N–H and O–H groups in total. The number of nitrogens with zero attached hydrogens (tertiary/aromatic N) is 6. The summed E-state index contributed by atoms with van der Waals surface area (Å²) in [5, 5.41) is 0. The number of hydrogen-bond donors (Lipinski definition) is 0. The van der Waals surface area contributed by atoms with Gasteiger partial charge in [0, 0.05) is 44.5 Å². The van der Waals surface area contributed by atoms with Gasteiger partial charge in [-0.15, -0.1) is 0 Å². The summed E-state index contributed by atoms with van der Waals surface area (Å²) in [5.74, 6) is 1.47. The van der Waals surface area contributed by atoms with Crippen molar-refractivity contribution in [2.45, 2.75) is 25.3 Å². The second-order valence-corrected chi connectivity index (χ2v) is 8.89. The number of hydrogen-bond acceptors (Lipinski definition) is 6. The van der Waals surface area contributed by atoms with Crippen LogP contribution in [0, 0.1) is 0 Å². The van der Waals surface area contributed by atoms with E-state index in [0.29, 0.717) is 17.4 Å². The lowest BCUT2D eigenvalue weighted by atomic mass is 10.0. The molecular weight excluding hydrogens is 388 g/mol. The second-order valence-electron chi connectivity index (χ2n) is 8.89. The maximum absolute atomic E-state index is 13.6. The fourth-order valence-corrected chi connectivity index (χ4v) is 4.49. The maximum atomic E-state index is 13.6. The van der Waals surface area contributed by atoms with Gasteiger partial charge in [-0.2, -0.15) is 0 Å². The first-order chi connectivity index (χ1) is 15.0. The number of rotatable bonds is 4. The van der Waals surface area contributed by atoms with Crippen molar-refractivity contribution in [3.05, 3.63) is 42.1 Å². The molecule has 0 bridgehead atoms. The largest absolute Gasteiger partial charge is 0.356 e. The number of carbonyl (C=O) groups is 1. The molecule has 7 heteroatoms. The molecule has 31 heavy (non-hydrogen) atoms. The lowest BCUT2D eigenvalue weighted by molar-refractivity contribution is 0.0762. The number of carbonyl (C=O) groups excluding carboxylic acids is 1. The van der Waals surface area contributed by atoms with Gasteiger partial charge < -0.3 is 19.6 Å². The van der Waals surface area contributed by atoms with Crippen LogP contribution in [0.25, 0.3) is 11.4 Å². The van der Waals surface area contributed by atoms with Crippen LogP contribution in [0.5, 0.6) is 0 Å². The Hall–Kier alpha value is -2.51. The van der Waals surface area contributed by atoms with E-state index in [1.54, 1.807) is 6.20 Å². The van der Waals surface area contributed by atoms with Crippen LogP contribution >= 0.6 is 0 Å². The number of benzene rings is 1. The van der Waals surface area contributed by atoms with Crippen molar-refractivity contribution < 1.29 is 4.79 Å². The number of anilines is 1. The minimum Gasteiger partial charge on any atom is -0.356 e. The molecule has 2 fully saturated rings. The van der Waals surface area contributed by atoms with E-state index in [4.69, 9.17) is 4.98 Å². The molecule has 2 aromatic rings. The van der Waals surface area contributed by atoms with Gasteiger partial charge >= 0.3 is 0 Å². The molecular formula is C24H34N6O. The zero-order valence-electron chi connectivity index (χ0n) is 19.0. The summed E-state index contributed by atoms with van der Waals surface area (Å²) in [7, 11) is 6.37. The zero-order valence-corrected chi connectivity index (χ0v) is 19.0. The van der Waals surface area contributed by atoms with Crippen molar-refractivity contribution in [2.75, 3.05) is 65.3 Å². The predicted octanol–water partition coefficient (Wildman–Crippen LogP) is 2.45. The highest BCUT2D eigenvalue weighted by atomic mass is 16.2. The van der Waals surface area contributed by atoms with Gasteiger partial charge in [0.05, 0.1) is 0 Å². The minimum atomic E-state index is 0.0460. The Balaban J connectivity index is 1.67. The summed E-state index contributed by atoms with van der Waals surface area (Å²) in [6, 6.07) is 10.4. The third-order valence-electron chi connectivity index (χ3n) is 6.61. The van der Waals surface area contributed by atoms with E-state index in [9.17, 15) is 4.79 Å². The van der Waals surface area contributed by atoms with Crippen molar-refractivity contribution >= 4 is 11.7 Å². The Morgan fingerprint density at radius 3 is 2.42 bits per heavy atom. The summed E-state index contributed by atoms with van der Waals surface area (Å²) >= 11 is 0. The second kappa shape index (κ2) is 9.75. The molecule has 0 unspecified atom stereocenters. The minimum absolute atomic E-state index is 0.0460. The third-order valence-corrected chi connectivity index (χ3v) is 6.61. The molecule has 2 saturated heterocycles. The summed E-state index contributed by atoms with van der Waals surface area (Å²) < 4.78 is 0. The number of likely N-dealkylation sites (N-methyl/N-ethyl adjacent to an activating group) is 1. The Morgan fingerprint density at radius 2 is 1.68 bits per heavy atom. The Labute approximate surface area is 185 Å². The average Bonchev–Trinajstić information content (AvgIpc) is 3.03. The summed E-state index contributed by atoms with van der Waals surface area (Å²) in [5.41, 5.74) is 1.58. The smallest absolute Gasteiger partial charge is 0.259 e. The predicted molar refractivity (Wildman–Crippen MR) is 124 cm³/mol. The van der Waals surface area contributed by atoms with Crippen molar-refractivity contribution in [1.82, 2.24) is 24.7 Å². The van der Waals surface area contributed by atoms with Crippen molar-refractivity contribution in [2.24, 2.45) is 0 Å². The van der Waals surface area contributed by atoms with Gasteiger partial charge in [-0.25, -0.2) is 9.97 Å². The number of likely N-dealkylation sites (tertiary alicyclic amines) is 1. The van der Waals surface area contributed by atoms with E-state index in [1.807, 2.05) is 35.2 Å². The van der Waals surface area contributed by atoms with Crippen LogP contribution in [-0.4, -0.2) is 97.0 Å². The van der Waals surface area contributed by atoms with Gasteiger partial charge in [-0.3, -0.25) is 4.79 Å². The van der Waals surface area contributed by atoms with Crippen molar-refractivity contribution in [1.29, 1.82) is 0 Å². The Bertz CT molecular complexity index is 881. The van der Waals surface area contributed by atoms with E-state index < -0.39 is 0 Å².